The summed E-state index contributed by atoms with van der Waals surface area (Å²) in [6.45, 7) is 6.69. The third-order valence-corrected chi connectivity index (χ3v) is 1.56. The number of nitrogens with zero attached hydrogens (tertiary/aromatic N) is 3. The normalized spacial score (nSPS) is 9.92. The maximum atomic E-state index is 11.3. The minimum Gasteiger partial charge on any atom is -0.310 e. The van der Waals surface area contributed by atoms with E-state index < -0.39 is 0 Å². The van der Waals surface area contributed by atoms with Gasteiger partial charge in [-0.25, -0.2) is 14.3 Å². The molecule has 2 aromatic heterocycles. The van der Waals surface area contributed by atoms with Gasteiger partial charge in [-0.3, -0.25) is 0 Å². The highest BCUT2D eigenvalue weighted by Crippen LogP contribution is 2.03. The number of hydrogen-bond acceptors (Lipinski definition) is 2. The van der Waals surface area contributed by atoms with E-state index in [9.17, 15) is 4.79 Å². The van der Waals surface area contributed by atoms with Crippen molar-refractivity contribution in [2.75, 3.05) is 0 Å². The van der Waals surface area contributed by atoms with E-state index in [2.05, 4.69) is 14.9 Å². The van der Waals surface area contributed by atoms with Crippen molar-refractivity contribution >= 4 is 11.2 Å². The number of hydrogen-bond donors (Lipinski definition) is 1. The average Bonchev–Trinajstić information content (AvgIpc) is 2.53. The molecule has 5 nitrogen and oxygen atoms in total. The molecule has 12 heavy (non-hydrogen) atoms. The summed E-state index contributed by atoms with van der Waals surface area (Å²) in [6.07, 6.45) is 4.27. The average molecular weight is 160 g/mol. The van der Waals surface area contributed by atoms with Crippen LogP contribution in [0.5, 0.6) is 0 Å². The third-order valence-electron chi connectivity index (χ3n) is 1.56. The first kappa shape index (κ1) is 6.61. The second-order valence-corrected chi connectivity index (χ2v) is 2.25. The van der Waals surface area contributed by atoms with Crippen LogP contribution in [0.15, 0.2) is 23.5 Å². The molecule has 0 spiro atoms. The van der Waals surface area contributed by atoms with Crippen molar-refractivity contribution in [3.63, 3.8) is 0 Å². The quantitative estimate of drug-likeness (QED) is 0.573. The van der Waals surface area contributed by atoms with E-state index in [0.717, 1.165) is 0 Å². The Balaban J connectivity index is 3.00. The van der Waals surface area contributed by atoms with E-state index in [-0.39, 0.29) is 11.1 Å². The molecule has 2 aromatic rings. The van der Waals surface area contributed by atoms with Gasteiger partial charge in [0.1, 0.15) is 11.8 Å². The van der Waals surface area contributed by atoms with Crippen LogP contribution in [0.1, 0.15) is 0 Å². The van der Waals surface area contributed by atoms with Gasteiger partial charge in [-0.2, -0.15) is 0 Å². The van der Waals surface area contributed by atoms with Crippen LogP contribution in [-0.4, -0.2) is 14.6 Å². The zero-order valence-corrected chi connectivity index (χ0v) is 5.98. The monoisotopic (exact) mass is 160 g/mol. The fourth-order valence-electron chi connectivity index (χ4n) is 0.976. The Morgan fingerprint density at radius 1 is 1.67 bits per heavy atom. The van der Waals surface area contributed by atoms with Gasteiger partial charge >= 0.3 is 0 Å². The third kappa shape index (κ3) is 0.720. The van der Waals surface area contributed by atoms with Crippen molar-refractivity contribution in [1.29, 1.82) is 0 Å². The maximum absolute atomic E-state index is 11.3. The Hall–Kier alpha value is -2.09. The molecule has 0 bridgehead atoms. The SMILES string of the molecule is [C-]#[N+]c1c[nH]n2cncc2c1=O. The number of aromatic nitrogens is 3. The van der Waals surface area contributed by atoms with Crippen molar-refractivity contribution in [2.45, 2.75) is 0 Å². The fourth-order valence-corrected chi connectivity index (χ4v) is 0.976. The molecule has 0 saturated carbocycles. The van der Waals surface area contributed by atoms with E-state index in [1.165, 1.54) is 23.2 Å². The van der Waals surface area contributed by atoms with Crippen molar-refractivity contribution in [3.8, 4) is 0 Å². The Morgan fingerprint density at radius 2 is 2.50 bits per heavy atom. The first-order chi connectivity index (χ1) is 5.83. The lowest BCUT2D eigenvalue weighted by atomic mass is 10.4. The molecule has 5 heteroatoms. The largest absolute Gasteiger partial charge is 0.310 e. The highest BCUT2D eigenvalue weighted by molar-refractivity contribution is 5.55. The van der Waals surface area contributed by atoms with Gasteiger partial charge in [0, 0.05) is 6.20 Å². The van der Waals surface area contributed by atoms with Gasteiger partial charge in [0.2, 0.25) is 5.43 Å². The van der Waals surface area contributed by atoms with Gasteiger partial charge in [-0.1, -0.05) is 0 Å². The summed E-state index contributed by atoms with van der Waals surface area (Å²) in [6, 6.07) is 0. The number of fused-ring (bicyclic) bond motifs is 1. The summed E-state index contributed by atoms with van der Waals surface area (Å²) in [7, 11) is 0. The van der Waals surface area contributed by atoms with E-state index in [1.807, 2.05) is 0 Å². The number of H-pyrrole nitrogens is 1. The molecule has 1 N–H and O–H groups in total. The number of imidazole rings is 1. The number of aromatic amines is 1. The van der Waals surface area contributed by atoms with Crippen LogP contribution < -0.4 is 5.43 Å². The van der Waals surface area contributed by atoms with Crippen LogP contribution in [0.3, 0.4) is 0 Å². The van der Waals surface area contributed by atoms with Gasteiger partial charge in [0.15, 0.2) is 0 Å². The summed E-state index contributed by atoms with van der Waals surface area (Å²) >= 11 is 0. The zero-order chi connectivity index (χ0) is 8.55. The Labute approximate surface area is 67.1 Å². The van der Waals surface area contributed by atoms with Gasteiger partial charge in [-0.15, -0.1) is 0 Å². The Kier molecular flexibility index (Phi) is 1.21. The predicted octanol–water partition coefficient (Wildman–Crippen LogP) is 0.573. The summed E-state index contributed by atoms with van der Waals surface area (Å²) in [5.74, 6) is 0. The number of nitrogens with one attached hydrogen (secondary N) is 1. The van der Waals surface area contributed by atoms with Gasteiger partial charge < -0.3 is 9.89 Å². The molecule has 2 heterocycles. The highest BCUT2D eigenvalue weighted by atomic mass is 16.1. The first-order valence-electron chi connectivity index (χ1n) is 3.24. The molecule has 0 aliphatic carbocycles. The second kappa shape index (κ2) is 2.20. The van der Waals surface area contributed by atoms with Crippen molar-refractivity contribution in [2.24, 2.45) is 0 Å². The van der Waals surface area contributed by atoms with Crippen LogP contribution in [-0.2, 0) is 0 Å². The molecule has 0 fully saturated rings. The molecule has 0 aliphatic heterocycles. The fraction of sp³-hybridized carbons (Fsp3) is 0. The lowest BCUT2D eigenvalue weighted by Gasteiger charge is -1.92. The maximum Gasteiger partial charge on any atom is 0.252 e. The van der Waals surface area contributed by atoms with Crippen LogP contribution in [0.4, 0.5) is 5.69 Å². The summed E-state index contributed by atoms with van der Waals surface area (Å²) in [5.41, 5.74) is 0.188. The molecule has 58 valence electrons. The lowest BCUT2D eigenvalue weighted by Crippen LogP contribution is -2.04. The Morgan fingerprint density at radius 3 is 3.25 bits per heavy atom. The topological polar surface area (TPSA) is 54.5 Å². The molecular formula is C7H4N4O. The summed E-state index contributed by atoms with van der Waals surface area (Å²) < 4.78 is 1.47. The molecule has 0 radical (unpaired) electrons. The van der Waals surface area contributed by atoms with Crippen molar-refractivity contribution < 1.29 is 0 Å². The summed E-state index contributed by atoms with van der Waals surface area (Å²) in [4.78, 5) is 18.2. The zero-order valence-electron chi connectivity index (χ0n) is 5.98. The predicted molar refractivity (Wildman–Crippen MR) is 42.1 cm³/mol. The van der Waals surface area contributed by atoms with Crippen molar-refractivity contribution in [3.05, 3.63) is 40.4 Å². The molecule has 0 aromatic carbocycles. The molecule has 2 rings (SSSR count). The van der Waals surface area contributed by atoms with Crippen LogP contribution in [0.25, 0.3) is 10.4 Å². The summed E-state index contributed by atoms with van der Waals surface area (Å²) in [5, 5.41) is 2.73. The van der Waals surface area contributed by atoms with E-state index in [1.54, 1.807) is 0 Å². The smallest absolute Gasteiger partial charge is 0.252 e. The van der Waals surface area contributed by atoms with Crippen LogP contribution >= 0.6 is 0 Å². The van der Waals surface area contributed by atoms with Gasteiger partial charge in [0.05, 0.1) is 12.8 Å². The van der Waals surface area contributed by atoms with Crippen LogP contribution in [0, 0.1) is 6.57 Å². The lowest BCUT2D eigenvalue weighted by molar-refractivity contribution is 0.924. The van der Waals surface area contributed by atoms with E-state index in [0.29, 0.717) is 5.52 Å². The molecule has 0 aliphatic rings. The second-order valence-electron chi connectivity index (χ2n) is 2.25. The van der Waals surface area contributed by atoms with E-state index >= 15 is 0 Å². The minimum absolute atomic E-state index is 0.0861. The van der Waals surface area contributed by atoms with Crippen LogP contribution in [0.2, 0.25) is 0 Å². The molecule has 0 amide bonds. The molecule has 0 unspecified atom stereocenters. The molecular weight excluding hydrogens is 156 g/mol. The van der Waals surface area contributed by atoms with Gasteiger partial charge in [0.25, 0.3) is 5.69 Å². The van der Waals surface area contributed by atoms with E-state index in [4.69, 9.17) is 6.57 Å². The standard InChI is InChI=1S/C7H4N4O/c1-8-5-2-10-11-4-9-3-6(11)7(5)12/h2-4,10H. The first-order valence-corrected chi connectivity index (χ1v) is 3.24. The Bertz CT molecular complexity index is 516. The molecule has 0 saturated heterocycles. The molecule has 0 atom stereocenters. The number of rotatable bonds is 0. The van der Waals surface area contributed by atoms with Gasteiger partial charge in [-0.05, 0) is 0 Å². The van der Waals surface area contributed by atoms with Crippen molar-refractivity contribution in [1.82, 2.24) is 14.6 Å². The minimum atomic E-state index is -0.291. The highest BCUT2D eigenvalue weighted by Gasteiger charge is 2.03.